The van der Waals surface area contributed by atoms with Crippen molar-refractivity contribution < 1.29 is 9.53 Å². The van der Waals surface area contributed by atoms with Gasteiger partial charge in [-0.2, -0.15) is 0 Å². The Labute approximate surface area is 147 Å². The van der Waals surface area contributed by atoms with Gasteiger partial charge in [0, 0.05) is 56.6 Å². The number of carbonyl (C=O) groups excluding carboxylic acids is 1. The van der Waals surface area contributed by atoms with E-state index in [1.54, 1.807) is 11.8 Å². The molecule has 5 rings (SSSR count). The first-order valence-corrected chi connectivity index (χ1v) is 8.97. The molecule has 0 radical (unpaired) electrons. The number of anilines is 4. The zero-order chi connectivity index (χ0) is 17.0. The molecule has 0 atom stereocenters. The fourth-order valence-corrected chi connectivity index (χ4v) is 3.67. The van der Waals surface area contributed by atoms with E-state index < -0.39 is 0 Å². The first-order valence-electron chi connectivity index (χ1n) is 8.97. The summed E-state index contributed by atoms with van der Waals surface area (Å²) in [5.41, 5.74) is 3.97. The predicted octanol–water partition coefficient (Wildman–Crippen LogP) is 3.90. The summed E-state index contributed by atoms with van der Waals surface area (Å²) in [4.78, 5) is 18.8. The quantitative estimate of drug-likeness (QED) is 0.834. The van der Waals surface area contributed by atoms with Crippen molar-refractivity contribution in [3.8, 4) is 11.5 Å². The molecule has 25 heavy (non-hydrogen) atoms. The Hall–Kier alpha value is -2.69. The maximum atomic E-state index is 12.3. The molecule has 5 nitrogen and oxygen atoms in total. The maximum Gasteiger partial charge on any atom is 0.228 e. The molecule has 0 unspecified atom stereocenters. The van der Waals surface area contributed by atoms with Crippen molar-refractivity contribution >= 4 is 28.7 Å². The van der Waals surface area contributed by atoms with E-state index in [1.165, 1.54) is 12.8 Å². The van der Waals surface area contributed by atoms with Crippen LogP contribution in [-0.2, 0) is 4.79 Å². The van der Waals surface area contributed by atoms with Crippen LogP contribution in [0.4, 0.5) is 22.7 Å². The van der Waals surface area contributed by atoms with Crippen molar-refractivity contribution in [1.29, 1.82) is 0 Å². The van der Waals surface area contributed by atoms with E-state index in [2.05, 4.69) is 34.1 Å². The first-order chi connectivity index (χ1) is 12.2. The minimum Gasteiger partial charge on any atom is -0.453 e. The van der Waals surface area contributed by atoms with Crippen LogP contribution in [0.5, 0.6) is 11.5 Å². The fraction of sp³-hybridized carbons (Fsp3) is 0.350. The highest BCUT2D eigenvalue weighted by Crippen LogP contribution is 2.49. The molecule has 3 aliphatic heterocycles. The molecule has 2 aromatic rings. The maximum absolute atomic E-state index is 12.3. The number of carbonyl (C=O) groups is 1. The van der Waals surface area contributed by atoms with Gasteiger partial charge in [-0.1, -0.05) is 0 Å². The highest BCUT2D eigenvalue weighted by atomic mass is 16.5. The molecule has 0 aromatic heterocycles. The van der Waals surface area contributed by atoms with Crippen molar-refractivity contribution in [1.82, 2.24) is 0 Å². The van der Waals surface area contributed by atoms with Gasteiger partial charge in [-0.15, -0.1) is 0 Å². The lowest BCUT2D eigenvalue weighted by Gasteiger charge is -2.37. The molecular weight excluding hydrogens is 314 g/mol. The summed E-state index contributed by atoms with van der Waals surface area (Å²) in [7, 11) is 0. The Morgan fingerprint density at radius 2 is 1.32 bits per heavy atom. The standard InChI is InChI=1S/C20H21N3O2/c1-14(24)23-17-6-4-15(21-8-2-9-21)12-19(17)25-20-13-16(5-7-18(20)23)22-10-3-11-22/h4-7,12-13H,2-3,8-11H2,1H3. The highest BCUT2D eigenvalue weighted by Gasteiger charge is 2.29. The van der Waals surface area contributed by atoms with Crippen molar-refractivity contribution in [2.75, 3.05) is 40.9 Å². The molecule has 3 heterocycles. The van der Waals surface area contributed by atoms with Crippen molar-refractivity contribution in [2.24, 2.45) is 0 Å². The summed E-state index contributed by atoms with van der Waals surface area (Å²) in [6.07, 6.45) is 2.47. The number of ether oxygens (including phenoxy) is 1. The molecule has 128 valence electrons. The summed E-state index contributed by atoms with van der Waals surface area (Å²) in [6, 6.07) is 12.3. The van der Waals surface area contributed by atoms with Gasteiger partial charge in [0.1, 0.15) is 0 Å². The number of rotatable bonds is 2. The number of hydrogen-bond acceptors (Lipinski definition) is 4. The molecule has 5 heteroatoms. The zero-order valence-electron chi connectivity index (χ0n) is 14.4. The summed E-state index contributed by atoms with van der Waals surface area (Å²) in [6.45, 7) is 5.96. The van der Waals surface area contributed by atoms with E-state index >= 15 is 0 Å². The van der Waals surface area contributed by atoms with Gasteiger partial charge in [0.2, 0.25) is 5.91 Å². The highest BCUT2D eigenvalue weighted by molar-refractivity contribution is 6.03. The Kier molecular flexibility index (Phi) is 3.17. The van der Waals surface area contributed by atoms with Gasteiger partial charge in [0.15, 0.2) is 11.5 Å². The zero-order valence-corrected chi connectivity index (χ0v) is 14.4. The van der Waals surface area contributed by atoms with Crippen LogP contribution in [-0.4, -0.2) is 32.1 Å². The third kappa shape index (κ3) is 2.26. The normalized spacial score (nSPS) is 17.9. The molecule has 2 aromatic carbocycles. The second-order valence-electron chi connectivity index (χ2n) is 6.94. The van der Waals surface area contributed by atoms with E-state index in [0.717, 1.165) is 60.4 Å². The van der Waals surface area contributed by atoms with Crippen molar-refractivity contribution in [2.45, 2.75) is 19.8 Å². The van der Waals surface area contributed by atoms with Gasteiger partial charge in [-0.05, 0) is 37.1 Å². The van der Waals surface area contributed by atoms with Gasteiger partial charge in [-0.3, -0.25) is 9.69 Å². The SMILES string of the molecule is CC(=O)N1c2ccc(N3CCC3)cc2Oc2cc(N3CCC3)ccc21. The molecule has 2 saturated heterocycles. The van der Waals surface area contributed by atoms with E-state index in [-0.39, 0.29) is 5.91 Å². The average molecular weight is 335 g/mol. The fourth-order valence-electron chi connectivity index (χ4n) is 3.67. The van der Waals surface area contributed by atoms with Crippen LogP contribution in [0.3, 0.4) is 0 Å². The number of benzene rings is 2. The number of fused-ring (bicyclic) bond motifs is 2. The predicted molar refractivity (Wildman–Crippen MR) is 99.4 cm³/mol. The smallest absolute Gasteiger partial charge is 0.228 e. The molecule has 3 aliphatic rings. The average Bonchev–Trinajstić information content (AvgIpc) is 2.48. The first kappa shape index (κ1) is 14.6. The van der Waals surface area contributed by atoms with E-state index in [1.807, 2.05) is 12.1 Å². The second kappa shape index (κ2) is 5.41. The lowest BCUT2D eigenvalue weighted by molar-refractivity contribution is -0.115. The largest absolute Gasteiger partial charge is 0.453 e. The van der Waals surface area contributed by atoms with Crippen LogP contribution in [0, 0.1) is 0 Å². The molecule has 0 bridgehead atoms. The van der Waals surface area contributed by atoms with Crippen LogP contribution in [0.2, 0.25) is 0 Å². The van der Waals surface area contributed by atoms with E-state index in [9.17, 15) is 4.79 Å². The Morgan fingerprint density at radius 3 is 1.68 bits per heavy atom. The van der Waals surface area contributed by atoms with Crippen molar-refractivity contribution in [3.63, 3.8) is 0 Å². The number of nitrogens with zero attached hydrogens (tertiary/aromatic N) is 3. The van der Waals surface area contributed by atoms with Crippen LogP contribution in [0.15, 0.2) is 36.4 Å². The molecule has 0 spiro atoms. The van der Waals surface area contributed by atoms with Crippen LogP contribution in [0.25, 0.3) is 0 Å². The lowest BCUT2D eigenvalue weighted by Crippen LogP contribution is -2.37. The Balaban J connectivity index is 1.58. The number of hydrogen-bond donors (Lipinski definition) is 0. The van der Waals surface area contributed by atoms with Gasteiger partial charge >= 0.3 is 0 Å². The monoisotopic (exact) mass is 335 g/mol. The summed E-state index contributed by atoms with van der Waals surface area (Å²) in [5, 5.41) is 0. The van der Waals surface area contributed by atoms with E-state index in [0.29, 0.717) is 0 Å². The minimum atomic E-state index is -0.000740. The summed E-state index contributed by atoms with van der Waals surface area (Å²) < 4.78 is 6.23. The summed E-state index contributed by atoms with van der Waals surface area (Å²) in [5.74, 6) is 1.51. The van der Waals surface area contributed by atoms with Gasteiger partial charge in [-0.25, -0.2) is 0 Å². The third-order valence-corrected chi connectivity index (χ3v) is 5.35. The molecule has 1 amide bonds. The molecule has 2 fully saturated rings. The minimum absolute atomic E-state index is 0.000740. The number of amides is 1. The molecular formula is C20H21N3O2. The second-order valence-corrected chi connectivity index (χ2v) is 6.94. The van der Waals surface area contributed by atoms with Crippen molar-refractivity contribution in [3.05, 3.63) is 36.4 Å². The van der Waals surface area contributed by atoms with E-state index in [4.69, 9.17) is 4.74 Å². The van der Waals surface area contributed by atoms with Gasteiger partial charge in [0.05, 0.1) is 11.4 Å². The van der Waals surface area contributed by atoms with Crippen LogP contribution in [0.1, 0.15) is 19.8 Å². The Bertz CT molecular complexity index is 793. The Morgan fingerprint density at radius 1 is 0.840 bits per heavy atom. The topological polar surface area (TPSA) is 36.0 Å². The van der Waals surface area contributed by atoms with Gasteiger partial charge < -0.3 is 14.5 Å². The van der Waals surface area contributed by atoms with Crippen LogP contribution < -0.4 is 19.4 Å². The summed E-state index contributed by atoms with van der Waals surface area (Å²) >= 11 is 0. The third-order valence-electron chi connectivity index (χ3n) is 5.35. The lowest BCUT2D eigenvalue weighted by atomic mass is 10.1. The van der Waals surface area contributed by atoms with Crippen LogP contribution >= 0.6 is 0 Å². The molecule has 0 saturated carbocycles. The van der Waals surface area contributed by atoms with Gasteiger partial charge in [0.25, 0.3) is 0 Å². The molecule has 0 N–H and O–H groups in total. The molecule has 0 aliphatic carbocycles.